The molecule has 0 saturated heterocycles. The van der Waals surface area contributed by atoms with Gasteiger partial charge in [0.15, 0.2) is 5.78 Å². The number of ketones is 1. The van der Waals surface area contributed by atoms with Crippen LogP contribution in [0.5, 0.6) is 0 Å². The summed E-state index contributed by atoms with van der Waals surface area (Å²) in [7, 11) is 0. The molecule has 1 aromatic carbocycles. The Hall–Kier alpha value is -2.54. The molecule has 0 radical (unpaired) electrons. The quantitative estimate of drug-likeness (QED) is 0.623. The lowest BCUT2D eigenvalue weighted by Crippen LogP contribution is -2.41. The summed E-state index contributed by atoms with van der Waals surface area (Å²) in [5.41, 5.74) is 6.30. The number of aryl methyl sites for hydroxylation is 2. The van der Waals surface area contributed by atoms with Crippen LogP contribution in [0.2, 0.25) is 0 Å². The first-order valence-electron chi connectivity index (χ1n) is 8.52. The second kappa shape index (κ2) is 8.23. The number of carbonyl (C=O) groups excluding carboxylic acids is 3. The van der Waals surface area contributed by atoms with E-state index in [0.717, 1.165) is 25.7 Å². The third-order valence-corrected chi connectivity index (χ3v) is 5.52. The van der Waals surface area contributed by atoms with Gasteiger partial charge in [-0.2, -0.15) is 0 Å². The molecule has 2 N–H and O–H groups in total. The van der Waals surface area contributed by atoms with Crippen LogP contribution >= 0.6 is 11.3 Å². The molecule has 5 nitrogen and oxygen atoms in total. The molecule has 0 saturated carbocycles. The number of benzene rings is 1. The molecule has 2 amide bonds. The SMILES string of the molecule is O=C(CCC(=O)c1ccc(F)cc1)NNC(=O)c1cc2c(s1)CCCC2. The van der Waals surface area contributed by atoms with E-state index in [4.69, 9.17) is 0 Å². The van der Waals surface area contributed by atoms with Crippen LogP contribution in [0.3, 0.4) is 0 Å². The van der Waals surface area contributed by atoms with Crippen LogP contribution in [-0.2, 0) is 17.6 Å². The molecule has 1 aromatic heterocycles. The van der Waals surface area contributed by atoms with Gasteiger partial charge in [0.2, 0.25) is 5.91 Å². The predicted molar refractivity (Wildman–Crippen MR) is 96.5 cm³/mol. The van der Waals surface area contributed by atoms with Gasteiger partial charge in [-0.05, 0) is 61.6 Å². The molecule has 1 aliphatic rings. The number of fused-ring (bicyclic) bond motifs is 1. The number of amides is 2. The molecule has 1 aliphatic carbocycles. The van der Waals surface area contributed by atoms with E-state index in [1.807, 2.05) is 6.07 Å². The second-order valence-electron chi connectivity index (χ2n) is 6.20. The number of hydrogen-bond donors (Lipinski definition) is 2. The van der Waals surface area contributed by atoms with Gasteiger partial charge in [-0.25, -0.2) is 4.39 Å². The van der Waals surface area contributed by atoms with Crippen molar-refractivity contribution >= 4 is 28.9 Å². The maximum Gasteiger partial charge on any atom is 0.279 e. The molecule has 136 valence electrons. The fourth-order valence-corrected chi connectivity index (χ4v) is 4.01. The zero-order chi connectivity index (χ0) is 18.5. The molecule has 0 atom stereocenters. The highest BCUT2D eigenvalue weighted by Crippen LogP contribution is 2.29. The Balaban J connectivity index is 1.45. The fraction of sp³-hybridized carbons (Fsp3) is 0.316. The van der Waals surface area contributed by atoms with Crippen LogP contribution < -0.4 is 10.9 Å². The van der Waals surface area contributed by atoms with Gasteiger partial charge < -0.3 is 0 Å². The summed E-state index contributed by atoms with van der Waals surface area (Å²) in [6.45, 7) is 0. The van der Waals surface area contributed by atoms with E-state index in [9.17, 15) is 18.8 Å². The van der Waals surface area contributed by atoms with E-state index in [1.54, 1.807) is 0 Å². The molecule has 1 heterocycles. The van der Waals surface area contributed by atoms with Gasteiger partial charge in [0, 0.05) is 23.3 Å². The summed E-state index contributed by atoms with van der Waals surface area (Å²) in [5.74, 6) is -1.47. The Kier molecular flexibility index (Phi) is 5.78. The predicted octanol–water partition coefficient (Wildman–Crippen LogP) is 3.19. The molecule has 0 unspecified atom stereocenters. The highest BCUT2D eigenvalue weighted by Gasteiger charge is 2.17. The number of hydrogen-bond acceptors (Lipinski definition) is 4. The Morgan fingerprint density at radius 1 is 1.00 bits per heavy atom. The van der Waals surface area contributed by atoms with Crippen molar-refractivity contribution < 1.29 is 18.8 Å². The van der Waals surface area contributed by atoms with Crippen molar-refractivity contribution in [2.24, 2.45) is 0 Å². The normalized spacial score (nSPS) is 13.0. The van der Waals surface area contributed by atoms with Gasteiger partial charge in [-0.15, -0.1) is 11.3 Å². The van der Waals surface area contributed by atoms with Crippen molar-refractivity contribution in [3.63, 3.8) is 0 Å². The first-order chi connectivity index (χ1) is 12.5. The van der Waals surface area contributed by atoms with Crippen molar-refractivity contribution in [2.75, 3.05) is 0 Å². The first-order valence-corrected chi connectivity index (χ1v) is 9.34. The van der Waals surface area contributed by atoms with Gasteiger partial charge in [0.1, 0.15) is 5.82 Å². The first kappa shape index (κ1) is 18.3. The maximum absolute atomic E-state index is 12.8. The molecule has 26 heavy (non-hydrogen) atoms. The zero-order valence-electron chi connectivity index (χ0n) is 14.1. The molecule has 0 fully saturated rings. The number of thiophene rings is 1. The van der Waals surface area contributed by atoms with Crippen LogP contribution in [0.4, 0.5) is 4.39 Å². The number of carbonyl (C=O) groups is 3. The van der Waals surface area contributed by atoms with Gasteiger partial charge in [0.05, 0.1) is 4.88 Å². The van der Waals surface area contributed by atoms with Crippen LogP contribution in [0.25, 0.3) is 0 Å². The average Bonchev–Trinajstić information content (AvgIpc) is 3.09. The third-order valence-electron chi connectivity index (χ3n) is 4.28. The molecular formula is C19H19FN2O3S. The minimum atomic E-state index is -0.449. The lowest BCUT2D eigenvalue weighted by Gasteiger charge is -2.08. The number of nitrogens with one attached hydrogen (secondary N) is 2. The molecule has 0 aliphatic heterocycles. The summed E-state index contributed by atoms with van der Waals surface area (Å²) in [4.78, 5) is 37.7. The van der Waals surface area contributed by atoms with Crippen molar-refractivity contribution in [1.29, 1.82) is 0 Å². The van der Waals surface area contributed by atoms with Crippen LogP contribution in [0.15, 0.2) is 30.3 Å². The molecule has 0 bridgehead atoms. The highest BCUT2D eigenvalue weighted by molar-refractivity contribution is 7.14. The molecule has 7 heteroatoms. The standard InChI is InChI=1S/C19H19FN2O3S/c20-14-7-5-12(6-8-14)15(23)9-10-18(24)21-22-19(25)17-11-13-3-1-2-4-16(13)26-17/h5-8,11H,1-4,9-10H2,(H,21,24)(H,22,25). The molecule has 0 spiro atoms. The largest absolute Gasteiger partial charge is 0.294 e. The van der Waals surface area contributed by atoms with Crippen molar-refractivity contribution in [3.05, 3.63) is 57.0 Å². The minimum Gasteiger partial charge on any atom is -0.294 e. The maximum atomic E-state index is 12.8. The van der Waals surface area contributed by atoms with E-state index >= 15 is 0 Å². The number of halogens is 1. The van der Waals surface area contributed by atoms with E-state index in [2.05, 4.69) is 10.9 Å². The Labute approximate surface area is 154 Å². The van der Waals surface area contributed by atoms with Crippen molar-refractivity contribution in [1.82, 2.24) is 10.9 Å². The van der Waals surface area contributed by atoms with Gasteiger partial charge in [0.25, 0.3) is 5.91 Å². The molecule has 2 aromatic rings. The fourth-order valence-electron chi connectivity index (χ4n) is 2.86. The summed E-state index contributed by atoms with van der Waals surface area (Å²) >= 11 is 1.46. The zero-order valence-corrected chi connectivity index (χ0v) is 15.0. The van der Waals surface area contributed by atoms with Gasteiger partial charge >= 0.3 is 0 Å². The highest BCUT2D eigenvalue weighted by atomic mass is 32.1. The topological polar surface area (TPSA) is 75.3 Å². The molecule has 3 rings (SSSR count). The number of rotatable bonds is 5. The Bertz CT molecular complexity index is 806. The van der Waals surface area contributed by atoms with Crippen LogP contribution in [0.1, 0.15) is 56.2 Å². The average molecular weight is 374 g/mol. The number of Topliss-reactive ketones (excluding diaryl/α,β-unsaturated/α-hetero) is 1. The lowest BCUT2D eigenvalue weighted by atomic mass is 9.99. The summed E-state index contributed by atoms with van der Waals surface area (Å²) in [6, 6.07) is 7.06. The van der Waals surface area contributed by atoms with Crippen LogP contribution in [-0.4, -0.2) is 17.6 Å². The smallest absolute Gasteiger partial charge is 0.279 e. The summed E-state index contributed by atoms with van der Waals surface area (Å²) in [5, 5.41) is 0. The lowest BCUT2D eigenvalue weighted by molar-refractivity contribution is -0.121. The van der Waals surface area contributed by atoms with E-state index in [-0.39, 0.29) is 24.5 Å². The monoisotopic (exact) mass is 374 g/mol. The Morgan fingerprint density at radius 3 is 2.46 bits per heavy atom. The Morgan fingerprint density at radius 2 is 1.73 bits per heavy atom. The second-order valence-corrected chi connectivity index (χ2v) is 7.34. The number of hydrazine groups is 1. The van der Waals surface area contributed by atoms with Gasteiger partial charge in [-0.1, -0.05) is 0 Å². The third kappa shape index (κ3) is 4.54. The van der Waals surface area contributed by atoms with Crippen LogP contribution in [0, 0.1) is 5.82 Å². The van der Waals surface area contributed by atoms with Gasteiger partial charge in [-0.3, -0.25) is 25.2 Å². The van der Waals surface area contributed by atoms with E-state index < -0.39 is 11.7 Å². The van der Waals surface area contributed by atoms with Crippen molar-refractivity contribution in [2.45, 2.75) is 38.5 Å². The summed E-state index contributed by atoms with van der Waals surface area (Å²) in [6.07, 6.45) is 4.22. The van der Waals surface area contributed by atoms with Crippen molar-refractivity contribution in [3.8, 4) is 0 Å². The van der Waals surface area contributed by atoms with E-state index in [0.29, 0.717) is 10.4 Å². The van der Waals surface area contributed by atoms with E-state index in [1.165, 1.54) is 46.0 Å². The summed E-state index contributed by atoms with van der Waals surface area (Å²) < 4.78 is 12.8. The minimum absolute atomic E-state index is 0.0133. The molecular weight excluding hydrogens is 355 g/mol.